The summed E-state index contributed by atoms with van der Waals surface area (Å²) in [6, 6.07) is 0. The lowest BCUT2D eigenvalue weighted by Gasteiger charge is -2.21. The first-order valence-corrected chi connectivity index (χ1v) is 49.1. The van der Waals surface area contributed by atoms with Crippen LogP contribution in [0, 0.1) is 5.92 Å². The summed E-state index contributed by atoms with van der Waals surface area (Å²) in [6.45, 7) is 7.30. The molecule has 3 N–H and O–H groups in total. The molecule has 0 aliphatic carbocycles. The SMILES string of the molecule is CCCCCCCCCCCCCCCCCCCCCCC(=O)OC[C@H](COP(=O)(O)OC[C@@H](O)COP(=O)(O)OC[C@@H](COC(=O)CCCCCCCCC(C)C)OC(=O)CCCCCCCCCCCCCCCCCCCCC)OC(=O)CCCCCCCCCCCCCCCCCCCCCC. The van der Waals surface area contributed by atoms with Crippen LogP contribution in [0.15, 0.2) is 0 Å². The Kier molecular flexibility index (Phi) is 80.2. The van der Waals surface area contributed by atoms with E-state index in [4.69, 9.17) is 37.0 Å². The molecule has 0 heterocycles. The number of aliphatic hydroxyl groups is 1. The highest BCUT2D eigenvalue weighted by molar-refractivity contribution is 7.47. The Morgan fingerprint density at radius 3 is 0.630 bits per heavy atom. The summed E-state index contributed by atoms with van der Waals surface area (Å²) in [7, 11) is -9.93. The Labute approximate surface area is 664 Å². The summed E-state index contributed by atoms with van der Waals surface area (Å²) in [6.07, 6.45) is 76.8. The largest absolute Gasteiger partial charge is 0.472 e. The second-order valence-corrected chi connectivity index (χ2v) is 35.4. The van der Waals surface area contributed by atoms with Crippen molar-refractivity contribution in [3.05, 3.63) is 0 Å². The summed E-state index contributed by atoms with van der Waals surface area (Å²) in [4.78, 5) is 73.3. The van der Waals surface area contributed by atoms with Gasteiger partial charge in [-0.05, 0) is 31.6 Å². The molecule has 108 heavy (non-hydrogen) atoms. The molecule has 642 valence electrons. The van der Waals surface area contributed by atoms with E-state index in [1.54, 1.807) is 0 Å². The van der Waals surface area contributed by atoms with Crippen molar-refractivity contribution in [3.63, 3.8) is 0 Å². The molecular weight excluding hydrogens is 1400 g/mol. The van der Waals surface area contributed by atoms with Crippen LogP contribution in [0.2, 0.25) is 0 Å². The van der Waals surface area contributed by atoms with Crippen LogP contribution in [0.3, 0.4) is 0 Å². The van der Waals surface area contributed by atoms with Crippen molar-refractivity contribution in [2.45, 2.75) is 502 Å². The zero-order chi connectivity index (χ0) is 79.0. The van der Waals surface area contributed by atoms with Gasteiger partial charge in [0, 0.05) is 25.7 Å². The van der Waals surface area contributed by atoms with Gasteiger partial charge in [-0.15, -0.1) is 0 Å². The van der Waals surface area contributed by atoms with Gasteiger partial charge in [0.1, 0.15) is 19.3 Å². The molecule has 0 bridgehead atoms. The zero-order valence-corrected chi connectivity index (χ0v) is 72.8. The Morgan fingerprint density at radius 2 is 0.426 bits per heavy atom. The minimum Gasteiger partial charge on any atom is -0.462 e. The average Bonchev–Trinajstić information content (AvgIpc) is 0.900. The van der Waals surface area contributed by atoms with E-state index in [2.05, 4.69) is 34.6 Å². The van der Waals surface area contributed by atoms with Crippen LogP contribution in [0.5, 0.6) is 0 Å². The molecule has 5 atom stereocenters. The zero-order valence-electron chi connectivity index (χ0n) is 71.0. The first-order valence-electron chi connectivity index (χ1n) is 46.1. The maximum atomic E-state index is 13.2. The lowest BCUT2D eigenvalue weighted by atomic mass is 10.0. The number of rotatable bonds is 89. The van der Waals surface area contributed by atoms with Gasteiger partial charge in [-0.25, -0.2) is 9.13 Å². The highest BCUT2D eigenvalue weighted by atomic mass is 31.2. The fourth-order valence-electron chi connectivity index (χ4n) is 14.0. The van der Waals surface area contributed by atoms with Crippen molar-refractivity contribution in [2.75, 3.05) is 39.6 Å². The first kappa shape index (κ1) is 106. The predicted octanol–water partition coefficient (Wildman–Crippen LogP) is 27.5. The molecule has 0 saturated carbocycles. The molecule has 0 saturated heterocycles. The van der Waals surface area contributed by atoms with Gasteiger partial charge in [0.05, 0.1) is 26.4 Å². The van der Waals surface area contributed by atoms with Gasteiger partial charge in [0.2, 0.25) is 0 Å². The van der Waals surface area contributed by atoms with E-state index >= 15 is 0 Å². The van der Waals surface area contributed by atoms with Crippen molar-refractivity contribution < 1.29 is 80.2 Å². The molecule has 0 aliphatic heterocycles. The van der Waals surface area contributed by atoms with Crippen molar-refractivity contribution in [1.29, 1.82) is 0 Å². The van der Waals surface area contributed by atoms with E-state index in [0.29, 0.717) is 31.6 Å². The van der Waals surface area contributed by atoms with E-state index < -0.39 is 97.5 Å². The summed E-state index contributed by atoms with van der Waals surface area (Å²) in [5.41, 5.74) is 0. The van der Waals surface area contributed by atoms with Crippen LogP contribution in [0.1, 0.15) is 484 Å². The van der Waals surface area contributed by atoms with E-state index in [9.17, 15) is 43.2 Å². The number of hydrogen-bond acceptors (Lipinski definition) is 15. The molecule has 0 fully saturated rings. The molecule has 0 aromatic rings. The van der Waals surface area contributed by atoms with Crippen LogP contribution in [0.25, 0.3) is 0 Å². The number of aliphatic hydroxyl groups excluding tert-OH is 1. The maximum Gasteiger partial charge on any atom is 0.472 e. The Morgan fingerprint density at radius 1 is 0.250 bits per heavy atom. The van der Waals surface area contributed by atoms with Crippen molar-refractivity contribution in [3.8, 4) is 0 Å². The number of carbonyl (C=O) groups excluding carboxylic acids is 4. The molecule has 0 aromatic heterocycles. The third-order valence-corrected chi connectivity index (χ3v) is 22.9. The summed E-state index contributed by atoms with van der Waals surface area (Å²) >= 11 is 0. The Balaban J connectivity index is 5.19. The minimum atomic E-state index is -4.97. The van der Waals surface area contributed by atoms with E-state index in [-0.39, 0.29) is 25.7 Å². The molecule has 0 aromatic carbocycles. The average molecular weight is 1580 g/mol. The van der Waals surface area contributed by atoms with E-state index in [1.807, 2.05) is 0 Å². The van der Waals surface area contributed by atoms with Gasteiger partial charge >= 0.3 is 39.5 Å². The van der Waals surface area contributed by atoms with Gasteiger partial charge in [0.15, 0.2) is 12.2 Å². The smallest absolute Gasteiger partial charge is 0.462 e. The topological polar surface area (TPSA) is 237 Å². The fraction of sp³-hybridized carbons (Fsp3) is 0.955. The first-order chi connectivity index (χ1) is 52.5. The van der Waals surface area contributed by atoms with Crippen molar-refractivity contribution >= 4 is 39.5 Å². The summed E-state index contributed by atoms with van der Waals surface area (Å²) in [5.74, 6) is -1.42. The van der Waals surface area contributed by atoms with Gasteiger partial charge in [-0.3, -0.25) is 37.3 Å². The number of esters is 4. The van der Waals surface area contributed by atoms with Gasteiger partial charge in [0.25, 0.3) is 0 Å². The van der Waals surface area contributed by atoms with Crippen LogP contribution >= 0.6 is 15.6 Å². The molecule has 19 heteroatoms. The normalized spacial score (nSPS) is 13.7. The van der Waals surface area contributed by atoms with Crippen LogP contribution in [0.4, 0.5) is 0 Å². The Hall–Kier alpha value is -1.94. The molecule has 17 nitrogen and oxygen atoms in total. The van der Waals surface area contributed by atoms with Crippen molar-refractivity contribution in [2.24, 2.45) is 5.92 Å². The lowest BCUT2D eigenvalue weighted by molar-refractivity contribution is -0.161. The van der Waals surface area contributed by atoms with Gasteiger partial charge in [-0.2, -0.15) is 0 Å². The second kappa shape index (κ2) is 81.6. The fourth-order valence-corrected chi connectivity index (χ4v) is 15.6. The molecule has 2 unspecified atom stereocenters. The second-order valence-electron chi connectivity index (χ2n) is 32.5. The van der Waals surface area contributed by atoms with Crippen LogP contribution in [-0.2, 0) is 65.4 Å². The highest BCUT2D eigenvalue weighted by Gasteiger charge is 2.30. The standard InChI is InChI=1S/C89H174O17P2/c1-6-9-12-15-18-21-24-27-30-33-36-39-41-44-47-50-53-56-62-67-72-86(91)99-78-84(105-88(93)74-69-64-58-55-52-49-46-43-40-37-34-31-28-25-22-19-16-13-10-7-2)80-103-107(95,96)101-76-83(90)77-102-108(97,98)104-81-85(79-100-87(92)73-68-63-60-59-61-66-71-82(4)5)106-89(94)75-70-65-57-54-51-48-45-42-38-35-32-29-26-23-20-17-14-11-8-3/h82-85,90H,6-81H2,1-5H3,(H,95,96)(H,97,98)/t83-,84-,85-/m1/s1. The van der Waals surface area contributed by atoms with E-state index in [0.717, 1.165) is 96.3 Å². The van der Waals surface area contributed by atoms with Crippen molar-refractivity contribution in [1.82, 2.24) is 0 Å². The molecular formula is C89H174O17P2. The summed E-state index contributed by atoms with van der Waals surface area (Å²) < 4.78 is 68.9. The lowest BCUT2D eigenvalue weighted by Crippen LogP contribution is -2.30. The van der Waals surface area contributed by atoms with E-state index in [1.165, 1.54) is 302 Å². The predicted molar refractivity (Wildman–Crippen MR) is 446 cm³/mol. The molecule has 0 rings (SSSR count). The number of hydrogen-bond donors (Lipinski definition) is 3. The minimum absolute atomic E-state index is 0.108. The molecule has 0 spiro atoms. The van der Waals surface area contributed by atoms with Gasteiger partial charge in [-0.1, -0.05) is 433 Å². The molecule has 0 radical (unpaired) electrons. The quantitative estimate of drug-likeness (QED) is 0.0222. The summed E-state index contributed by atoms with van der Waals surface area (Å²) in [5, 5.41) is 10.7. The number of phosphoric acid groups is 2. The van der Waals surface area contributed by atoms with Crippen LogP contribution in [-0.4, -0.2) is 96.7 Å². The third kappa shape index (κ3) is 82.1. The monoisotopic (exact) mass is 1580 g/mol. The maximum absolute atomic E-state index is 13.2. The Bertz CT molecular complexity index is 2050. The molecule has 0 aliphatic rings. The van der Waals surface area contributed by atoms with Crippen LogP contribution < -0.4 is 0 Å². The number of ether oxygens (including phenoxy) is 4. The highest BCUT2D eigenvalue weighted by Crippen LogP contribution is 2.45. The number of phosphoric ester groups is 2. The number of carbonyl (C=O) groups is 4. The third-order valence-electron chi connectivity index (χ3n) is 21.0. The van der Waals surface area contributed by atoms with Gasteiger partial charge < -0.3 is 33.8 Å². The number of unbranched alkanes of at least 4 members (excludes halogenated alkanes) is 61. The molecule has 0 amide bonds.